The van der Waals surface area contributed by atoms with Gasteiger partial charge in [-0.2, -0.15) is 0 Å². The van der Waals surface area contributed by atoms with Crippen molar-refractivity contribution in [3.63, 3.8) is 0 Å². The summed E-state index contributed by atoms with van der Waals surface area (Å²) in [5.74, 6) is 0.428. The second-order valence-electron chi connectivity index (χ2n) is 12.8. The van der Waals surface area contributed by atoms with E-state index in [1.54, 1.807) is 12.2 Å². The molecule has 0 spiro atoms. The van der Waals surface area contributed by atoms with Crippen LogP contribution in [-0.2, 0) is 15.3 Å². The van der Waals surface area contributed by atoms with E-state index in [0.717, 1.165) is 27.8 Å². The second-order valence-corrected chi connectivity index (χ2v) is 13.7. The summed E-state index contributed by atoms with van der Waals surface area (Å²) in [5, 5.41) is 24.9. The molecule has 3 aromatic rings. The molecule has 0 radical (unpaired) electrons. The first-order valence-corrected chi connectivity index (χ1v) is 17.0. The van der Waals surface area contributed by atoms with E-state index < -0.39 is 30.3 Å². The van der Waals surface area contributed by atoms with E-state index in [1.807, 2.05) is 82.3 Å². The Morgan fingerprint density at radius 3 is 2.02 bits per heavy atom. The molecule has 6 nitrogen and oxygen atoms in total. The molecular weight excluding hydrogens is 582 g/mol. The number of carbonyl (C=O) groups excluding carboxylic acids is 2. The number of ether oxygens (including phenoxy) is 1. The first-order chi connectivity index (χ1) is 21.6. The van der Waals surface area contributed by atoms with Crippen molar-refractivity contribution < 1.29 is 24.5 Å². The third-order valence-electron chi connectivity index (χ3n) is 8.21. The number of rotatable bonds is 15. The van der Waals surface area contributed by atoms with Crippen LogP contribution in [0.1, 0.15) is 69.6 Å². The molecule has 1 aliphatic carbocycles. The first-order valence-electron chi connectivity index (χ1n) is 16.0. The molecule has 4 rings (SSSR count). The van der Waals surface area contributed by atoms with Gasteiger partial charge < -0.3 is 20.3 Å². The fraction of sp³-hybridized carbons (Fsp3) is 0.421. The van der Waals surface area contributed by atoms with Crippen molar-refractivity contribution in [3.05, 3.63) is 108 Å². The lowest BCUT2D eigenvalue weighted by atomic mass is 9.92. The molecule has 0 saturated carbocycles. The molecule has 0 bridgehead atoms. The number of hydrogen-bond donors (Lipinski definition) is 3. The summed E-state index contributed by atoms with van der Waals surface area (Å²) < 4.78 is 5.74. The molecule has 0 unspecified atom stereocenters. The van der Waals surface area contributed by atoms with Gasteiger partial charge in [-0.25, -0.2) is 4.79 Å². The summed E-state index contributed by atoms with van der Waals surface area (Å²) in [4.78, 5) is 26.1. The molecule has 0 saturated heterocycles. The van der Waals surface area contributed by atoms with Crippen molar-refractivity contribution in [1.29, 1.82) is 0 Å². The first kappa shape index (κ1) is 34.5. The maximum absolute atomic E-state index is 13.1. The monoisotopic (exact) mass is 629 g/mol. The van der Waals surface area contributed by atoms with Gasteiger partial charge in [0.15, 0.2) is 5.12 Å². The lowest BCUT2D eigenvalue weighted by Gasteiger charge is -2.25. The van der Waals surface area contributed by atoms with Gasteiger partial charge in [0, 0.05) is 11.7 Å². The number of hydrogen-bond acceptors (Lipinski definition) is 6. The number of fused-ring (bicyclic) bond motifs is 3. The number of benzene rings is 3. The minimum absolute atomic E-state index is 0.0418. The zero-order valence-corrected chi connectivity index (χ0v) is 27.6. The zero-order chi connectivity index (χ0) is 32.3. The SMILES string of the molecule is CC(C)C[C@H](C(=O)SCc1ccccc1)[C@@H](O)/C=C\C[C@@H](O)[C@@H](CC(C)C)NC(=O)OCC1c2ccccc2-c2ccccc21. The summed E-state index contributed by atoms with van der Waals surface area (Å²) in [7, 11) is 0. The maximum Gasteiger partial charge on any atom is 0.407 e. The van der Waals surface area contributed by atoms with E-state index in [1.165, 1.54) is 11.8 Å². The lowest BCUT2D eigenvalue weighted by molar-refractivity contribution is -0.117. The van der Waals surface area contributed by atoms with Crippen LogP contribution in [0.5, 0.6) is 0 Å². The van der Waals surface area contributed by atoms with Gasteiger partial charge in [-0.3, -0.25) is 4.79 Å². The van der Waals surface area contributed by atoms with E-state index >= 15 is 0 Å². The van der Waals surface area contributed by atoms with Gasteiger partial charge >= 0.3 is 6.09 Å². The largest absolute Gasteiger partial charge is 0.449 e. The third kappa shape index (κ3) is 9.80. The Morgan fingerprint density at radius 1 is 0.844 bits per heavy atom. The molecule has 0 aromatic heterocycles. The molecular formula is C38H47NO5S. The van der Waals surface area contributed by atoms with Crippen LogP contribution in [0.25, 0.3) is 11.1 Å². The van der Waals surface area contributed by atoms with E-state index in [2.05, 4.69) is 29.6 Å². The summed E-state index contributed by atoms with van der Waals surface area (Å²) in [6, 6.07) is 25.7. The summed E-state index contributed by atoms with van der Waals surface area (Å²) in [6.07, 6.45) is 2.25. The molecule has 3 N–H and O–H groups in total. The van der Waals surface area contributed by atoms with Crippen LogP contribution < -0.4 is 5.32 Å². The molecule has 0 fully saturated rings. The lowest BCUT2D eigenvalue weighted by Crippen LogP contribution is -2.44. The van der Waals surface area contributed by atoms with Crippen LogP contribution >= 0.6 is 11.8 Å². The van der Waals surface area contributed by atoms with Crippen molar-refractivity contribution in [2.45, 2.75) is 76.9 Å². The Balaban J connectivity index is 1.33. The Kier molecular flexibility index (Phi) is 12.9. The Hall–Kier alpha value is -3.39. The van der Waals surface area contributed by atoms with Gasteiger partial charge in [0.2, 0.25) is 0 Å². The van der Waals surface area contributed by atoms with Crippen molar-refractivity contribution in [3.8, 4) is 11.1 Å². The number of amides is 1. The number of carbonyl (C=O) groups is 2. The van der Waals surface area contributed by atoms with Crippen LogP contribution in [0.2, 0.25) is 0 Å². The standard InChI is InChI=1S/C38H47NO5S/c1-25(2)21-32(37(42)45-24-27-13-6-5-7-14-27)35(40)19-12-20-36(41)34(22-26(3)4)39-38(43)44-23-33-30-17-10-8-15-28(30)29-16-9-11-18-31(29)33/h5-19,25-26,32-36,40-41H,20-24H2,1-4H3,(H,39,43)/b19-12-/t32-,34+,35-,36+/m0/s1. The average molecular weight is 630 g/mol. The molecule has 0 heterocycles. The van der Waals surface area contributed by atoms with Gasteiger partial charge in [0.25, 0.3) is 0 Å². The number of aliphatic hydroxyl groups excluding tert-OH is 2. The molecule has 1 amide bonds. The smallest absolute Gasteiger partial charge is 0.407 e. The van der Waals surface area contributed by atoms with Crippen LogP contribution in [0.15, 0.2) is 91.0 Å². The van der Waals surface area contributed by atoms with Crippen LogP contribution in [0.3, 0.4) is 0 Å². The van der Waals surface area contributed by atoms with Crippen LogP contribution in [0, 0.1) is 17.8 Å². The Bertz CT molecular complexity index is 1380. The average Bonchev–Trinajstić information content (AvgIpc) is 3.34. The Labute approximate surface area is 272 Å². The highest BCUT2D eigenvalue weighted by Gasteiger charge is 2.30. The molecule has 240 valence electrons. The summed E-state index contributed by atoms with van der Waals surface area (Å²) >= 11 is 1.23. The highest BCUT2D eigenvalue weighted by molar-refractivity contribution is 8.13. The van der Waals surface area contributed by atoms with Crippen molar-refractivity contribution in [2.24, 2.45) is 17.8 Å². The summed E-state index contributed by atoms with van der Waals surface area (Å²) in [5.41, 5.74) is 5.67. The van der Waals surface area contributed by atoms with Crippen molar-refractivity contribution in [2.75, 3.05) is 6.61 Å². The quantitative estimate of drug-likeness (QED) is 0.149. The van der Waals surface area contributed by atoms with Crippen molar-refractivity contribution in [1.82, 2.24) is 5.32 Å². The number of thioether (sulfide) groups is 1. The molecule has 0 aliphatic heterocycles. The molecule has 1 aliphatic rings. The van der Waals surface area contributed by atoms with E-state index in [9.17, 15) is 19.8 Å². The predicted molar refractivity (Wildman–Crippen MR) is 183 cm³/mol. The van der Waals surface area contributed by atoms with E-state index in [0.29, 0.717) is 18.6 Å². The molecule has 45 heavy (non-hydrogen) atoms. The zero-order valence-electron chi connectivity index (χ0n) is 26.8. The highest BCUT2D eigenvalue weighted by Crippen LogP contribution is 2.44. The fourth-order valence-corrected chi connectivity index (χ4v) is 6.94. The minimum atomic E-state index is -0.964. The molecule has 4 atom stereocenters. The third-order valence-corrected chi connectivity index (χ3v) is 9.28. The normalized spacial score (nSPS) is 15.5. The number of alkyl carbamates (subject to hydrolysis) is 1. The van der Waals surface area contributed by atoms with Gasteiger partial charge in [0.1, 0.15) is 6.61 Å². The highest BCUT2D eigenvalue weighted by atomic mass is 32.2. The second kappa shape index (κ2) is 16.8. The minimum Gasteiger partial charge on any atom is -0.449 e. The molecule has 7 heteroatoms. The van der Waals surface area contributed by atoms with Gasteiger partial charge in [0.05, 0.1) is 24.2 Å². The van der Waals surface area contributed by atoms with Gasteiger partial charge in [-0.05, 0) is 58.9 Å². The van der Waals surface area contributed by atoms with Crippen LogP contribution in [0.4, 0.5) is 4.79 Å². The predicted octanol–water partition coefficient (Wildman–Crippen LogP) is 7.73. The van der Waals surface area contributed by atoms with E-state index in [4.69, 9.17) is 4.74 Å². The fourth-order valence-electron chi connectivity index (χ4n) is 5.99. The topological polar surface area (TPSA) is 95.9 Å². The van der Waals surface area contributed by atoms with Gasteiger partial charge in [-0.1, -0.05) is 130 Å². The Morgan fingerprint density at radius 2 is 1.42 bits per heavy atom. The summed E-state index contributed by atoms with van der Waals surface area (Å²) in [6.45, 7) is 8.34. The number of nitrogens with one attached hydrogen (secondary N) is 1. The number of aliphatic hydroxyl groups is 2. The van der Waals surface area contributed by atoms with E-state index in [-0.39, 0.29) is 35.9 Å². The van der Waals surface area contributed by atoms with Crippen molar-refractivity contribution >= 4 is 23.0 Å². The van der Waals surface area contributed by atoms with Crippen LogP contribution in [-0.4, -0.2) is 46.3 Å². The molecule has 3 aromatic carbocycles. The van der Waals surface area contributed by atoms with Gasteiger partial charge in [-0.15, -0.1) is 0 Å². The maximum atomic E-state index is 13.1.